The van der Waals surface area contributed by atoms with Gasteiger partial charge in [-0.05, 0) is 36.8 Å². The van der Waals surface area contributed by atoms with E-state index in [1.807, 2.05) is 0 Å². The minimum atomic E-state index is -0.652. The lowest BCUT2D eigenvalue weighted by atomic mass is 10.2. The standard InChI is InChI=1S/C18H15P.C9H6F2N2.ClH/c1-4-10-16(11-5-1)19(17-12-6-2-7-13-17)18-14-8-3-9-15-18;1-5-7-2-6(10)3-8(11)9(7)13-4-12-5;/h1-15H;2-4H,1H3;1H. The van der Waals surface area contributed by atoms with Crippen LogP contribution in [0.25, 0.3) is 10.9 Å². The van der Waals surface area contributed by atoms with E-state index < -0.39 is 19.6 Å². The van der Waals surface area contributed by atoms with Gasteiger partial charge in [-0.15, -0.1) is 12.4 Å². The summed E-state index contributed by atoms with van der Waals surface area (Å²) in [5, 5.41) is 4.61. The molecule has 4 aromatic carbocycles. The summed E-state index contributed by atoms with van der Waals surface area (Å²) in [4.78, 5) is 7.58. The molecule has 5 aromatic rings. The van der Waals surface area contributed by atoms with Crippen molar-refractivity contribution in [2.45, 2.75) is 6.92 Å². The zero-order valence-corrected chi connectivity index (χ0v) is 19.6. The molecule has 0 aliphatic rings. The minimum absolute atomic E-state index is 0. The molecule has 6 heteroatoms. The molecule has 0 spiro atoms. The Hall–Kier alpha value is -3.20. The van der Waals surface area contributed by atoms with Gasteiger partial charge in [0.05, 0.1) is 0 Å². The first-order chi connectivity index (χ1) is 15.6. The van der Waals surface area contributed by atoms with Crippen LogP contribution in [0, 0.1) is 18.6 Å². The third kappa shape index (κ3) is 5.98. The summed E-state index contributed by atoms with van der Waals surface area (Å²) in [5.41, 5.74) is 0.734. The largest absolute Gasteiger partial charge is 0.241 e. The van der Waals surface area contributed by atoms with E-state index in [9.17, 15) is 8.78 Å². The monoisotopic (exact) mass is 478 g/mol. The highest BCUT2D eigenvalue weighted by molar-refractivity contribution is 7.79. The van der Waals surface area contributed by atoms with E-state index in [-0.39, 0.29) is 17.9 Å². The molecule has 0 bridgehead atoms. The number of rotatable bonds is 3. The van der Waals surface area contributed by atoms with Gasteiger partial charge in [0, 0.05) is 17.1 Å². The Morgan fingerprint density at radius 1 is 0.636 bits per heavy atom. The lowest BCUT2D eigenvalue weighted by Crippen LogP contribution is -2.20. The number of aromatic nitrogens is 2. The summed E-state index contributed by atoms with van der Waals surface area (Å²) in [7, 11) is -0.446. The van der Waals surface area contributed by atoms with Crippen molar-refractivity contribution >= 4 is 47.1 Å². The first-order valence-corrected chi connectivity index (χ1v) is 11.5. The number of nitrogens with zero attached hydrogens (tertiary/aromatic N) is 2. The lowest BCUT2D eigenvalue weighted by molar-refractivity contribution is 0.590. The second kappa shape index (κ2) is 11.6. The first kappa shape index (κ1) is 24.4. The molecule has 0 aliphatic heterocycles. The highest BCUT2D eigenvalue weighted by Gasteiger charge is 2.15. The maximum absolute atomic E-state index is 13.1. The van der Waals surface area contributed by atoms with Gasteiger partial charge >= 0.3 is 0 Å². The molecule has 0 atom stereocenters. The van der Waals surface area contributed by atoms with Gasteiger partial charge in [0.2, 0.25) is 0 Å². The molecule has 0 radical (unpaired) electrons. The Morgan fingerprint density at radius 2 is 1.09 bits per heavy atom. The second-order valence-corrected chi connectivity index (χ2v) is 9.30. The number of halogens is 3. The lowest BCUT2D eigenvalue weighted by Gasteiger charge is -2.18. The first-order valence-electron chi connectivity index (χ1n) is 10.1. The molecule has 0 saturated heterocycles. The molecule has 5 rings (SSSR count). The topological polar surface area (TPSA) is 25.8 Å². The van der Waals surface area contributed by atoms with Gasteiger partial charge in [-0.3, -0.25) is 0 Å². The van der Waals surface area contributed by atoms with Crippen molar-refractivity contribution in [3.05, 3.63) is 127 Å². The van der Waals surface area contributed by atoms with Gasteiger partial charge in [0.15, 0.2) is 5.82 Å². The number of benzene rings is 4. The molecule has 2 nitrogen and oxygen atoms in total. The zero-order valence-electron chi connectivity index (χ0n) is 17.9. The summed E-state index contributed by atoms with van der Waals surface area (Å²) in [6, 6.07) is 34.4. The van der Waals surface area contributed by atoms with Gasteiger partial charge in [-0.2, -0.15) is 0 Å². The van der Waals surface area contributed by atoms with Crippen LogP contribution in [-0.2, 0) is 0 Å². The second-order valence-electron chi connectivity index (χ2n) is 7.08. The van der Waals surface area contributed by atoms with Crippen molar-refractivity contribution in [1.82, 2.24) is 9.97 Å². The molecule has 0 fully saturated rings. The Kier molecular flexibility index (Phi) is 8.59. The fraction of sp³-hybridized carbons (Fsp3) is 0.0370. The molecule has 1 aromatic heterocycles. The van der Waals surface area contributed by atoms with Crippen LogP contribution in [0.4, 0.5) is 8.78 Å². The van der Waals surface area contributed by atoms with E-state index in [4.69, 9.17) is 0 Å². The third-order valence-corrected chi connectivity index (χ3v) is 7.34. The predicted octanol–water partition coefficient (Wildman–Crippen LogP) is 6.08. The zero-order chi connectivity index (χ0) is 22.3. The van der Waals surface area contributed by atoms with E-state index in [0.29, 0.717) is 11.1 Å². The average Bonchev–Trinajstić information content (AvgIpc) is 2.83. The van der Waals surface area contributed by atoms with Crippen molar-refractivity contribution in [2.24, 2.45) is 0 Å². The van der Waals surface area contributed by atoms with Crippen molar-refractivity contribution in [1.29, 1.82) is 0 Å². The molecule has 1 heterocycles. The van der Waals surface area contributed by atoms with Crippen LogP contribution in [0.1, 0.15) is 5.69 Å². The molecule has 0 saturated carbocycles. The summed E-state index contributed by atoms with van der Waals surface area (Å²) < 4.78 is 25.9. The van der Waals surface area contributed by atoms with Crippen LogP contribution in [0.2, 0.25) is 0 Å². The predicted molar refractivity (Wildman–Crippen MR) is 137 cm³/mol. The summed E-state index contributed by atoms with van der Waals surface area (Å²) in [6.07, 6.45) is 1.26. The molecule has 0 aliphatic carbocycles. The quantitative estimate of drug-likeness (QED) is 0.294. The third-order valence-electron chi connectivity index (χ3n) is 4.90. The van der Waals surface area contributed by atoms with Gasteiger partial charge in [0.1, 0.15) is 17.7 Å². The van der Waals surface area contributed by atoms with Gasteiger partial charge in [0.25, 0.3) is 0 Å². The minimum Gasteiger partial charge on any atom is -0.241 e. The fourth-order valence-electron chi connectivity index (χ4n) is 3.39. The van der Waals surface area contributed by atoms with Crippen LogP contribution >= 0.6 is 20.3 Å². The number of hydrogen-bond acceptors (Lipinski definition) is 2. The Morgan fingerprint density at radius 3 is 1.55 bits per heavy atom. The maximum atomic E-state index is 13.1. The van der Waals surface area contributed by atoms with Crippen LogP contribution in [-0.4, -0.2) is 9.97 Å². The number of fused-ring (bicyclic) bond motifs is 1. The van der Waals surface area contributed by atoms with Crippen molar-refractivity contribution in [3.8, 4) is 0 Å². The number of hydrogen-bond donors (Lipinski definition) is 0. The van der Waals surface area contributed by atoms with Gasteiger partial charge < -0.3 is 0 Å². The molecule has 0 unspecified atom stereocenters. The Labute approximate surface area is 199 Å². The smallest absolute Gasteiger partial charge is 0.152 e. The SMILES string of the molecule is Cc1ncnc2c(F)cc(F)cc12.Cl.c1ccc(P(c2ccccc2)c2ccccc2)cc1. The van der Waals surface area contributed by atoms with Crippen LogP contribution in [0.3, 0.4) is 0 Å². The van der Waals surface area contributed by atoms with Crippen molar-refractivity contribution in [3.63, 3.8) is 0 Å². The van der Waals surface area contributed by atoms with Crippen LogP contribution < -0.4 is 15.9 Å². The Balaban J connectivity index is 0.000000192. The normalized spacial score (nSPS) is 10.3. The Bertz CT molecular complexity index is 1210. The van der Waals surface area contributed by atoms with E-state index in [1.54, 1.807) is 6.92 Å². The molecular weight excluding hydrogens is 457 g/mol. The highest BCUT2D eigenvalue weighted by atomic mass is 35.5. The van der Waals surface area contributed by atoms with Crippen LogP contribution in [0.5, 0.6) is 0 Å². The van der Waals surface area contributed by atoms with Crippen molar-refractivity contribution in [2.75, 3.05) is 0 Å². The maximum Gasteiger partial charge on any atom is 0.152 e. The van der Waals surface area contributed by atoms with E-state index in [1.165, 1.54) is 28.3 Å². The molecule has 33 heavy (non-hydrogen) atoms. The van der Waals surface area contributed by atoms with Crippen molar-refractivity contribution < 1.29 is 8.78 Å². The van der Waals surface area contributed by atoms with E-state index >= 15 is 0 Å². The van der Waals surface area contributed by atoms with Gasteiger partial charge in [-0.25, -0.2) is 18.7 Å². The summed E-state index contributed by atoms with van der Waals surface area (Å²) in [5.74, 6) is -1.26. The fourth-order valence-corrected chi connectivity index (χ4v) is 5.70. The van der Waals surface area contributed by atoms with Gasteiger partial charge in [-0.1, -0.05) is 91.0 Å². The molecule has 0 N–H and O–H groups in total. The number of aryl methyl sites for hydroxylation is 1. The highest BCUT2D eigenvalue weighted by Crippen LogP contribution is 2.32. The summed E-state index contributed by atoms with van der Waals surface area (Å²) in [6.45, 7) is 1.68. The molecule has 166 valence electrons. The van der Waals surface area contributed by atoms with E-state index in [0.717, 1.165) is 6.07 Å². The average molecular weight is 479 g/mol. The van der Waals surface area contributed by atoms with Crippen LogP contribution in [0.15, 0.2) is 109 Å². The van der Waals surface area contributed by atoms with E-state index in [2.05, 4.69) is 101 Å². The summed E-state index contributed by atoms with van der Waals surface area (Å²) >= 11 is 0. The molecular formula is C27H22ClF2N2P. The molecule has 0 amide bonds.